The van der Waals surface area contributed by atoms with E-state index in [0.29, 0.717) is 19.8 Å². The van der Waals surface area contributed by atoms with Gasteiger partial charge in [-0.2, -0.15) is 0 Å². The number of benzene rings is 1. The molecular weight excluding hydrogens is 254 g/mol. The normalized spacial score (nSPS) is 10.1. The lowest BCUT2D eigenvalue weighted by Gasteiger charge is -2.11. The molecule has 0 aliphatic rings. The van der Waals surface area contributed by atoms with Crippen LogP contribution < -0.4 is 14.2 Å². The molecule has 106 valence electrons. The maximum absolute atomic E-state index is 5.75. The van der Waals surface area contributed by atoms with Crippen molar-refractivity contribution < 1.29 is 14.2 Å². The van der Waals surface area contributed by atoms with Crippen molar-refractivity contribution in [3.05, 3.63) is 48.3 Å². The molecule has 1 aromatic heterocycles. The number of nitrogens with zero attached hydrogens (tertiary/aromatic N) is 1. The predicted molar refractivity (Wildman–Crippen MR) is 77.3 cm³/mol. The van der Waals surface area contributed by atoms with Crippen LogP contribution in [0.4, 0.5) is 0 Å². The maximum atomic E-state index is 5.75. The first-order valence-corrected chi connectivity index (χ1v) is 6.75. The first-order chi connectivity index (χ1) is 9.83. The van der Waals surface area contributed by atoms with Crippen LogP contribution in [-0.2, 0) is 6.61 Å². The lowest BCUT2D eigenvalue weighted by atomic mass is 10.3. The number of pyridine rings is 1. The van der Waals surface area contributed by atoms with Crippen molar-refractivity contribution in [2.24, 2.45) is 0 Å². The Morgan fingerprint density at radius 3 is 2.15 bits per heavy atom. The zero-order valence-corrected chi connectivity index (χ0v) is 11.8. The lowest BCUT2D eigenvalue weighted by Crippen LogP contribution is -2.01. The van der Waals surface area contributed by atoms with E-state index in [9.17, 15) is 0 Å². The van der Waals surface area contributed by atoms with Crippen molar-refractivity contribution in [3.8, 4) is 17.2 Å². The van der Waals surface area contributed by atoms with Crippen molar-refractivity contribution in [2.75, 3.05) is 13.2 Å². The third-order valence-electron chi connectivity index (χ3n) is 2.63. The molecule has 1 aromatic carbocycles. The van der Waals surface area contributed by atoms with Gasteiger partial charge in [-0.3, -0.25) is 4.98 Å². The van der Waals surface area contributed by atoms with Gasteiger partial charge < -0.3 is 14.2 Å². The molecule has 2 aromatic rings. The molecule has 0 aliphatic heterocycles. The SMILES string of the molecule is CCOc1ccc(COc2ccccc2OCC)nc1. The van der Waals surface area contributed by atoms with Crippen molar-refractivity contribution in [1.82, 2.24) is 4.98 Å². The summed E-state index contributed by atoms with van der Waals surface area (Å²) < 4.78 is 16.6. The average Bonchev–Trinajstić information content (AvgIpc) is 2.48. The van der Waals surface area contributed by atoms with Gasteiger partial charge in [0.15, 0.2) is 11.5 Å². The summed E-state index contributed by atoms with van der Waals surface area (Å²) in [4.78, 5) is 4.30. The number of rotatable bonds is 7. The maximum Gasteiger partial charge on any atom is 0.161 e. The quantitative estimate of drug-likeness (QED) is 0.774. The van der Waals surface area contributed by atoms with E-state index in [4.69, 9.17) is 14.2 Å². The van der Waals surface area contributed by atoms with E-state index < -0.39 is 0 Å². The minimum Gasteiger partial charge on any atom is -0.492 e. The first-order valence-electron chi connectivity index (χ1n) is 6.75. The monoisotopic (exact) mass is 273 g/mol. The Labute approximate surface area is 119 Å². The minimum atomic E-state index is 0.399. The molecule has 0 radical (unpaired) electrons. The van der Waals surface area contributed by atoms with Gasteiger partial charge in [-0.05, 0) is 38.1 Å². The van der Waals surface area contributed by atoms with E-state index in [-0.39, 0.29) is 0 Å². The summed E-state index contributed by atoms with van der Waals surface area (Å²) in [5.74, 6) is 2.25. The van der Waals surface area contributed by atoms with Crippen molar-refractivity contribution in [1.29, 1.82) is 0 Å². The summed E-state index contributed by atoms with van der Waals surface area (Å²) >= 11 is 0. The molecule has 0 saturated carbocycles. The van der Waals surface area contributed by atoms with Gasteiger partial charge in [0, 0.05) is 0 Å². The highest BCUT2D eigenvalue weighted by molar-refractivity contribution is 5.39. The molecule has 4 heteroatoms. The average molecular weight is 273 g/mol. The highest BCUT2D eigenvalue weighted by Gasteiger charge is 2.04. The van der Waals surface area contributed by atoms with E-state index in [2.05, 4.69) is 4.98 Å². The molecule has 2 rings (SSSR count). The number of hydrogen-bond acceptors (Lipinski definition) is 4. The Hall–Kier alpha value is -2.23. The van der Waals surface area contributed by atoms with Gasteiger partial charge in [-0.25, -0.2) is 0 Å². The molecule has 4 nitrogen and oxygen atoms in total. The molecule has 0 unspecified atom stereocenters. The van der Waals surface area contributed by atoms with Crippen molar-refractivity contribution >= 4 is 0 Å². The van der Waals surface area contributed by atoms with E-state index in [0.717, 1.165) is 22.9 Å². The zero-order valence-electron chi connectivity index (χ0n) is 11.8. The standard InChI is InChI=1S/C16H19NO3/c1-3-18-14-10-9-13(17-11-14)12-20-16-8-6-5-7-15(16)19-4-2/h5-11H,3-4,12H2,1-2H3. The molecule has 0 spiro atoms. The van der Waals surface area contributed by atoms with Crippen LogP contribution >= 0.6 is 0 Å². The summed E-state index contributed by atoms with van der Waals surface area (Å²) in [5, 5.41) is 0. The fraction of sp³-hybridized carbons (Fsp3) is 0.312. The van der Waals surface area contributed by atoms with E-state index in [1.165, 1.54) is 0 Å². The molecule has 0 N–H and O–H groups in total. The third-order valence-corrected chi connectivity index (χ3v) is 2.63. The lowest BCUT2D eigenvalue weighted by molar-refractivity contribution is 0.266. The fourth-order valence-corrected chi connectivity index (χ4v) is 1.74. The molecule has 0 aliphatic carbocycles. The van der Waals surface area contributed by atoms with Gasteiger partial charge in [0.1, 0.15) is 12.4 Å². The van der Waals surface area contributed by atoms with Crippen molar-refractivity contribution in [2.45, 2.75) is 20.5 Å². The minimum absolute atomic E-state index is 0.399. The Morgan fingerprint density at radius 1 is 0.850 bits per heavy atom. The molecule has 0 amide bonds. The molecule has 20 heavy (non-hydrogen) atoms. The van der Waals surface area contributed by atoms with E-state index in [1.54, 1.807) is 6.20 Å². The smallest absolute Gasteiger partial charge is 0.161 e. The van der Waals surface area contributed by atoms with Crippen LogP contribution in [0.25, 0.3) is 0 Å². The van der Waals surface area contributed by atoms with Gasteiger partial charge in [-0.1, -0.05) is 12.1 Å². The highest BCUT2D eigenvalue weighted by atomic mass is 16.5. The van der Waals surface area contributed by atoms with Gasteiger partial charge >= 0.3 is 0 Å². The van der Waals surface area contributed by atoms with Crippen LogP contribution in [0.1, 0.15) is 19.5 Å². The number of aromatic nitrogens is 1. The van der Waals surface area contributed by atoms with Gasteiger partial charge in [0.25, 0.3) is 0 Å². The Kier molecular flexibility index (Phi) is 5.24. The largest absolute Gasteiger partial charge is 0.492 e. The molecule has 1 heterocycles. The van der Waals surface area contributed by atoms with Crippen LogP contribution in [0.5, 0.6) is 17.2 Å². The highest BCUT2D eigenvalue weighted by Crippen LogP contribution is 2.27. The van der Waals surface area contributed by atoms with Crippen LogP contribution in [0.2, 0.25) is 0 Å². The molecule has 0 bridgehead atoms. The predicted octanol–water partition coefficient (Wildman–Crippen LogP) is 3.46. The van der Waals surface area contributed by atoms with Crippen LogP contribution in [0, 0.1) is 0 Å². The Bertz CT molecular complexity index is 526. The van der Waals surface area contributed by atoms with E-state index in [1.807, 2.05) is 50.2 Å². The Morgan fingerprint density at radius 2 is 1.55 bits per heavy atom. The number of ether oxygens (including phenoxy) is 3. The molecule has 0 fully saturated rings. The molecular formula is C16H19NO3. The van der Waals surface area contributed by atoms with Crippen molar-refractivity contribution in [3.63, 3.8) is 0 Å². The summed E-state index contributed by atoms with van der Waals surface area (Å²) in [5.41, 5.74) is 0.847. The summed E-state index contributed by atoms with van der Waals surface area (Å²) in [6, 6.07) is 11.4. The zero-order chi connectivity index (χ0) is 14.2. The summed E-state index contributed by atoms with van der Waals surface area (Å²) in [6.07, 6.45) is 1.71. The van der Waals surface area contributed by atoms with Crippen LogP contribution in [0.3, 0.4) is 0 Å². The van der Waals surface area contributed by atoms with Crippen LogP contribution in [-0.4, -0.2) is 18.2 Å². The second kappa shape index (κ2) is 7.38. The molecule has 0 saturated heterocycles. The Balaban J connectivity index is 1.97. The second-order valence-electron chi connectivity index (χ2n) is 4.09. The van der Waals surface area contributed by atoms with E-state index >= 15 is 0 Å². The fourth-order valence-electron chi connectivity index (χ4n) is 1.74. The van der Waals surface area contributed by atoms with Gasteiger partial charge in [0.05, 0.1) is 25.1 Å². The van der Waals surface area contributed by atoms with Crippen LogP contribution in [0.15, 0.2) is 42.6 Å². The second-order valence-corrected chi connectivity index (χ2v) is 4.09. The first kappa shape index (κ1) is 14.2. The topological polar surface area (TPSA) is 40.6 Å². The number of para-hydroxylation sites is 2. The van der Waals surface area contributed by atoms with Gasteiger partial charge in [-0.15, -0.1) is 0 Å². The number of hydrogen-bond donors (Lipinski definition) is 0. The summed E-state index contributed by atoms with van der Waals surface area (Å²) in [7, 11) is 0. The van der Waals surface area contributed by atoms with Gasteiger partial charge in [0.2, 0.25) is 0 Å². The summed E-state index contributed by atoms with van der Waals surface area (Å²) in [6.45, 7) is 5.55. The third kappa shape index (κ3) is 3.88. The molecule has 0 atom stereocenters.